The molecule has 0 fully saturated rings. The van der Waals surface area contributed by atoms with Crippen LogP contribution in [0.15, 0.2) is 65.8 Å². The minimum absolute atomic E-state index is 0.754. The maximum absolute atomic E-state index is 4.35. The Labute approximate surface area is 172 Å². The molecule has 1 aliphatic rings. The number of aliphatic imine (C=N–C) groups is 1. The third-order valence-corrected chi connectivity index (χ3v) is 5.50. The maximum Gasteiger partial charge on any atom is 0.191 e. The van der Waals surface area contributed by atoms with Crippen molar-refractivity contribution < 1.29 is 0 Å². The largest absolute Gasteiger partial charge is 0.364 e. The summed E-state index contributed by atoms with van der Waals surface area (Å²) < 4.78 is 0. The van der Waals surface area contributed by atoms with Gasteiger partial charge in [0.1, 0.15) is 0 Å². The lowest BCUT2D eigenvalue weighted by Gasteiger charge is -2.18. The van der Waals surface area contributed by atoms with Crippen LogP contribution in [0.1, 0.15) is 16.7 Å². The zero-order valence-electron chi connectivity index (χ0n) is 17.2. The molecule has 0 amide bonds. The van der Waals surface area contributed by atoms with Gasteiger partial charge in [-0.15, -0.1) is 0 Å². The summed E-state index contributed by atoms with van der Waals surface area (Å²) in [5.74, 6) is 0.828. The van der Waals surface area contributed by atoms with Crippen molar-refractivity contribution in [3.8, 4) is 0 Å². The normalized spacial score (nSPS) is 14.0. The Hall–Kier alpha value is -3.21. The van der Waals surface area contributed by atoms with Crippen LogP contribution < -0.4 is 15.5 Å². The van der Waals surface area contributed by atoms with Crippen LogP contribution in [0.3, 0.4) is 0 Å². The number of guanidine groups is 1. The smallest absolute Gasteiger partial charge is 0.191 e. The topological polar surface area (TPSA) is 55.5 Å². The molecule has 1 aliphatic heterocycles. The molecule has 0 atom stereocenters. The van der Waals surface area contributed by atoms with E-state index in [0.29, 0.717) is 0 Å². The van der Waals surface area contributed by atoms with Gasteiger partial charge in [-0.1, -0.05) is 42.5 Å². The van der Waals surface area contributed by atoms with Crippen LogP contribution in [0, 0.1) is 6.92 Å². The van der Waals surface area contributed by atoms with E-state index in [0.717, 1.165) is 38.6 Å². The second-order valence-corrected chi connectivity index (χ2v) is 7.46. The standard InChI is InChI=1S/C24H29N5/c1-18-6-5-7-22-20(17-27-23(18)22)12-13-26-24(25-2)28-16-19-8-10-21(11-9-19)29-14-3-4-15-29/h3-11,17,27H,12-16H2,1-2H3,(H2,25,26,28). The zero-order chi connectivity index (χ0) is 20.1. The number of anilines is 1. The number of rotatable bonds is 6. The summed E-state index contributed by atoms with van der Waals surface area (Å²) in [7, 11) is 1.81. The molecular weight excluding hydrogens is 358 g/mol. The molecule has 5 heteroatoms. The molecule has 1 aromatic heterocycles. The van der Waals surface area contributed by atoms with E-state index in [2.05, 4.69) is 93.2 Å². The highest BCUT2D eigenvalue weighted by atomic mass is 15.2. The van der Waals surface area contributed by atoms with Gasteiger partial charge in [0.2, 0.25) is 0 Å². The average Bonchev–Trinajstić information content (AvgIpc) is 3.42. The van der Waals surface area contributed by atoms with Crippen molar-refractivity contribution in [1.29, 1.82) is 0 Å². The molecule has 0 radical (unpaired) electrons. The Kier molecular flexibility index (Phi) is 5.84. The van der Waals surface area contributed by atoms with Crippen molar-refractivity contribution >= 4 is 22.5 Å². The number of nitrogens with one attached hydrogen (secondary N) is 3. The molecule has 0 spiro atoms. The van der Waals surface area contributed by atoms with Gasteiger partial charge >= 0.3 is 0 Å². The highest BCUT2D eigenvalue weighted by Gasteiger charge is 2.08. The maximum atomic E-state index is 4.35. The number of aryl methyl sites for hydroxylation is 1. The van der Waals surface area contributed by atoms with E-state index < -0.39 is 0 Å². The van der Waals surface area contributed by atoms with Crippen LogP contribution >= 0.6 is 0 Å². The molecule has 0 unspecified atom stereocenters. The van der Waals surface area contributed by atoms with Gasteiger partial charge in [-0.05, 0) is 42.2 Å². The molecule has 150 valence electrons. The number of para-hydroxylation sites is 1. The zero-order valence-corrected chi connectivity index (χ0v) is 17.2. The number of hydrogen-bond donors (Lipinski definition) is 3. The first kappa shape index (κ1) is 19.1. The lowest BCUT2D eigenvalue weighted by atomic mass is 10.1. The Morgan fingerprint density at radius 3 is 2.62 bits per heavy atom. The molecule has 0 saturated heterocycles. The minimum atomic E-state index is 0.754. The van der Waals surface area contributed by atoms with Crippen LogP contribution in [-0.4, -0.2) is 37.6 Å². The van der Waals surface area contributed by atoms with Gasteiger partial charge in [0.05, 0.1) is 0 Å². The molecule has 3 N–H and O–H groups in total. The average molecular weight is 388 g/mol. The number of fused-ring (bicyclic) bond motifs is 1. The predicted octanol–water partition coefficient (Wildman–Crippen LogP) is 3.76. The van der Waals surface area contributed by atoms with Crippen molar-refractivity contribution in [1.82, 2.24) is 15.6 Å². The van der Waals surface area contributed by atoms with E-state index in [-0.39, 0.29) is 0 Å². The van der Waals surface area contributed by atoms with Crippen molar-refractivity contribution in [2.45, 2.75) is 19.9 Å². The van der Waals surface area contributed by atoms with Gasteiger partial charge in [-0.25, -0.2) is 0 Å². The van der Waals surface area contributed by atoms with Crippen molar-refractivity contribution in [3.63, 3.8) is 0 Å². The van der Waals surface area contributed by atoms with Crippen molar-refractivity contribution in [3.05, 3.63) is 77.5 Å². The van der Waals surface area contributed by atoms with Gasteiger partial charge in [-0.2, -0.15) is 0 Å². The summed E-state index contributed by atoms with van der Waals surface area (Å²) in [6.07, 6.45) is 7.49. The third kappa shape index (κ3) is 4.45. The fourth-order valence-corrected chi connectivity index (χ4v) is 3.81. The van der Waals surface area contributed by atoms with E-state index in [1.807, 2.05) is 7.05 Å². The van der Waals surface area contributed by atoms with Crippen LogP contribution in [0.2, 0.25) is 0 Å². The quantitative estimate of drug-likeness (QED) is 0.343. The van der Waals surface area contributed by atoms with Gasteiger partial charge in [0, 0.05) is 56.0 Å². The Balaban J connectivity index is 1.27. The van der Waals surface area contributed by atoms with Gasteiger partial charge in [-0.3, -0.25) is 4.99 Å². The highest BCUT2D eigenvalue weighted by Crippen LogP contribution is 2.21. The monoisotopic (exact) mass is 387 g/mol. The van der Waals surface area contributed by atoms with E-state index in [1.165, 1.54) is 33.3 Å². The van der Waals surface area contributed by atoms with Crippen molar-refractivity contribution in [2.75, 3.05) is 31.6 Å². The Bertz CT molecular complexity index is 1010. The van der Waals surface area contributed by atoms with Crippen LogP contribution in [0.25, 0.3) is 10.9 Å². The molecule has 4 rings (SSSR count). The Morgan fingerprint density at radius 1 is 1.07 bits per heavy atom. The molecular formula is C24H29N5. The summed E-state index contributed by atoms with van der Waals surface area (Å²) in [6.45, 7) is 5.74. The lowest BCUT2D eigenvalue weighted by Crippen LogP contribution is -2.37. The number of aromatic nitrogens is 1. The predicted molar refractivity (Wildman–Crippen MR) is 123 cm³/mol. The second-order valence-electron chi connectivity index (χ2n) is 7.46. The van der Waals surface area contributed by atoms with E-state index in [1.54, 1.807) is 0 Å². The molecule has 2 aromatic carbocycles. The first-order valence-electron chi connectivity index (χ1n) is 10.2. The fraction of sp³-hybridized carbons (Fsp3) is 0.292. The van der Waals surface area contributed by atoms with Crippen LogP contribution in [-0.2, 0) is 13.0 Å². The first-order chi connectivity index (χ1) is 14.2. The van der Waals surface area contributed by atoms with Crippen LogP contribution in [0.4, 0.5) is 5.69 Å². The number of aromatic amines is 1. The van der Waals surface area contributed by atoms with Gasteiger partial charge in [0.15, 0.2) is 5.96 Å². The van der Waals surface area contributed by atoms with Gasteiger partial charge in [0.25, 0.3) is 0 Å². The molecule has 29 heavy (non-hydrogen) atoms. The van der Waals surface area contributed by atoms with Crippen LogP contribution in [0.5, 0.6) is 0 Å². The minimum Gasteiger partial charge on any atom is -0.364 e. The number of H-pyrrole nitrogens is 1. The highest BCUT2D eigenvalue weighted by molar-refractivity contribution is 5.86. The van der Waals surface area contributed by atoms with Crippen molar-refractivity contribution in [2.24, 2.45) is 4.99 Å². The van der Waals surface area contributed by atoms with Gasteiger partial charge < -0.3 is 20.5 Å². The molecule has 2 heterocycles. The second kappa shape index (κ2) is 8.86. The SMILES string of the molecule is CN=C(NCCc1c[nH]c2c(C)cccc12)NCc1ccc(N2CC=CC2)cc1. The lowest BCUT2D eigenvalue weighted by molar-refractivity contribution is 0.796. The summed E-state index contributed by atoms with van der Waals surface area (Å²) in [5.41, 5.74) is 6.37. The molecule has 0 saturated carbocycles. The molecule has 0 bridgehead atoms. The molecule has 0 aliphatic carbocycles. The van der Waals surface area contributed by atoms with E-state index in [9.17, 15) is 0 Å². The number of benzene rings is 2. The molecule has 3 aromatic rings. The summed E-state index contributed by atoms with van der Waals surface area (Å²) >= 11 is 0. The summed E-state index contributed by atoms with van der Waals surface area (Å²) in [4.78, 5) is 10.1. The summed E-state index contributed by atoms with van der Waals surface area (Å²) in [5, 5.41) is 8.14. The third-order valence-electron chi connectivity index (χ3n) is 5.50. The fourth-order valence-electron chi connectivity index (χ4n) is 3.81. The Morgan fingerprint density at radius 2 is 1.86 bits per heavy atom. The van der Waals surface area contributed by atoms with E-state index in [4.69, 9.17) is 0 Å². The molecule has 5 nitrogen and oxygen atoms in total. The summed E-state index contributed by atoms with van der Waals surface area (Å²) in [6, 6.07) is 15.2. The number of hydrogen-bond acceptors (Lipinski definition) is 2. The number of nitrogens with zero attached hydrogens (tertiary/aromatic N) is 2. The van der Waals surface area contributed by atoms with E-state index >= 15 is 0 Å². The first-order valence-corrected chi connectivity index (χ1v) is 10.2.